The van der Waals surface area contributed by atoms with E-state index in [1.807, 2.05) is 6.20 Å². The van der Waals surface area contributed by atoms with Gasteiger partial charge in [0.15, 0.2) is 0 Å². The van der Waals surface area contributed by atoms with Gasteiger partial charge in [-0.2, -0.15) is 0 Å². The number of hydrogen-bond acceptors (Lipinski definition) is 2. The second kappa shape index (κ2) is 4.42. The molecule has 2 aromatic rings. The lowest BCUT2D eigenvalue weighted by Crippen LogP contribution is -2.29. The minimum absolute atomic E-state index is 0.699. The Bertz CT molecular complexity index is 526. The molecule has 0 unspecified atom stereocenters. The highest BCUT2D eigenvalue weighted by Crippen LogP contribution is 2.28. The van der Waals surface area contributed by atoms with Crippen molar-refractivity contribution in [3.63, 3.8) is 0 Å². The maximum atomic E-state index is 4.32. The van der Waals surface area contributed by atoms with Gasteiger partial charge in [-0.1, -0.05) is 6.07 Å². The third-order valence-corrected chi connectivity index (χ3v) is 4.26. The van der Waals surface area contributed by atoms with E-state index in [-0.39, 0.29) is 0 Å². The lowest BCUT2D eigenvalue weighted by molar-refractivity contribution is 0.255. The van der Waals surface area contributed by atoms with Crippen LogP contribution >= 0.6 is 15.9 Å². The molecule has 1 fully saturated rings. The van der Waals surface area contributed by atoms with Gasteiger partial charge < -0.3 is 4.90 Å². The first-order valence-electron chi connectivity index (χ1n) is 6.05. The van der Waals surface area contributed by atoms with Crippen LogP contribution in [0, 0.1) is 0 Å². The Morgan fingerprint density at radius 3 is 2.82 bits per heavy atom. The van der Waals surface area contributed by atoms with Crippen molar-refractivity contribution >= 4 is 21.6 Å². The molecule has 0 atom stereocenters. The zero-order valence-corrected chi connectivity index (χ0v) is 11.5. The summed E-state index contributed by atoms with van der Waals surface area (Å²) in [5, 5.41) is 0. The zero-order valence-electron chi connectivity index (χ0n) is 9.93. The number of nitrogens with zero attached hydrogens (tertiary/aromatic N) is 3. The molecule has 4 heteroatoms. The van der Waals surface area contributed by atoms with Gasteiger partial charge in [0.25, 0.3) is 0 Å². The Hall–Kier alpha value is -0.870. The monoisotopic (exact) mass is 293 g/mol. The fraction of sp³-hybridized carbons (Fsp3) is 0.462. The summed E-state index contributed by atoms with van der Waals surface area (Å²) in [5.41, 5.74) is 2.44. The molecular weight excluding hydrogens is 278 g/mol. The van der Waals surface area contributed by atoms with E-state index in [0.717, 1.165) is 10.3 Å². The Balaban J connectivity index is 1.92. The van der Waals surface area contributed by atoms with Crippen LogP contribution in [0.2, 0.25) is 0 Å². The molecule has 3 heterocycles. The fourth-order valence-electron chi connectivity index (χ4n) is 2.55. The molecule has 1 aliphatic rings. The average Bonchev–Trinajstić information content (AvgIpc) is 2.72. The smallest absolute Gasteiger partial charge is 0.137 e. The van der Waals surface area contributed by atoms with Crippen molar-refractivity contribution in [2.75, 3.05) is 20.1 Å². The molecule has 0 saturated carbocycles. The Labute approximate surface area is 110 Å². The number of aromatic nitrogens is 2. The van der Waals surface area contributed by atoms with Crippen molar-refractivity contribution in [3.05, 3.63) is 34.7 Å². The van der Waals surface area contributed by atoms with Crippen LogP contribution in [0.1, 0.15) is 24.3 Å². The molecule has 3 nitrogen and oxygen atoms in total. The minimum atomic E-state index is 0.699. The second-order valence-electron chi connectivity index (χ2n) is 4.85. The maximum Gasteiger partial charge on any atom is 0.137 e. The third-order valence-electron chi connectivity index (χ3n) is 3.67. The molecule has 0 N–H and O–H groups in total. The highest BCUT2D eigenvalue weighted by Gasteiger charge is 2.18. The van der Waals surface area contributed by atoms with Crippen LogP contribution in [-0.4, -0.2) is 34.4 Å². The van der Waals surface area contributed by atoms with Crippen LogP contribution in [0.25, 0.3) is 5.65 Å². The number of imidazole rings is 1. The van der Waals surface area contributed by atoms with E-state index in [9.17, 15) is 0 Å². The lowest BCUT2D eigenvalue weighted by Gasteiger charge is -2.29. The van der Waals surface area contributed by atoms with Gasteiger partial charge in [-0.05, 0) is 66.5 Å². The summed E-state index contributed by atoms with van der Waals surface area (Å²) in [6.07, 6.45) is 6.60. The standard InChI is InChI=1S/C13H16BrN3/c1-16-6-4-10(5-7-16)11-2-3-13-15-8-12(14)17(13)9-11/h2-3,8-10H,4-7H2,1H3. The predicted octanol–water partition coefficient (Wildman–Crippen LogP) is 2.91. The van der Waals surface area contributed by atoms with E-state index in [1.54, 1.807) is 0 Å². The van der Waals surface area contributed by atoms with Crippen LogP contribution in [-0.2, 0) is 0 Å². The van der Waals surface area contributed by atoms with Gasteiger partial charge in [0.2, 0.25) is 0 Å². The number of halogens is 1. The van der Waals surface area contributed by atoms with Gasteiger partial charge in [-0.15, -0.1) is 0 Å². The number of piperidine rings is 1. The van der Waals surface area contributed by atoms with Crippen LogP contribution < -0.4 is 0 Å². The highest BCUT2D eigenvalue weighted by molar-refractivity contribution is 9.10. The summed E-state index contributed by atoms with van der Waals surface area (Å²) in [5.74, 6) is 0.699. The number of fused-ring (bicyclic) bond motifs is 1. The van der Waals surface area contributed by atoms with Gasteiger partial charge in [0, 0.05) is 6.20 Å². The van der Waals surface area contributed by atoms with Crippen LogP contribution in [0.3, 0.4) is 0 Å². The van der Waals surface area contributed by atoms with Crippen molar-refractivity contribution in [2.45, 2.75) is 18.8 Å². The van der Waals surface area contributed by atoms with Gasteiger partial charge in [-0.3, -0.25) is 4.40 Å². The highest BCUT2D eigenvalue weighted by atomic mass is 79.9. The van der Waals surface area contributed by atoms with Gasteiger partial charge in [0.05, 0.1) is 6.20 Å². The van der Waals surface area contributed by atoms with E-state index in [4.69, 9.17) is 0 Å². The largest absolute Gasteiger partial charge is 0.306 e. The molecule has 0 aliphatic carbocycles. The number of hydrogen-bond donors (Lipinski definition) is 0. The third kappa shape index (κ3) is 2.11. The Morgan fingerprint density at radius 1 is 1.29 bits per heavy atom. The number of rotatable bonds is 1. The summed E-state index contributed by atoms with van der Waals surface area (Å²) < 4.78 is 3.15. The summed E-state index contributed by atoms with van der Waals surface area (Å²) in [4.78, 5) is 6.73. The fourth-order valence-corrected chi connectivity index (χ4v) is 2.94. The lowest BCUT2D eigenvalue weighted by atomic mass is 9.91. The first-order chi connectivity index (χ1) is 8.24. The van der Waals surface area contributed by atoms with Crippen LogP contribution in [0.15, 0.2) is 29.1 Å². The quantitative estimate of drug-likeness (QED) is 0.806. The molecule has 3 rings (SSSR count). The van der Waals surface area contributed by atoms with E-state index in [1.165, 1.54) is 31.5 Å². The SMILES string of the molecule is CN1CCC(c2ccc3ncc(Br)n3c2)CC1. The molecule has 0 radical (unpaired) electrons. The predicted molar refractivity (Wildman–Crippen MR) is 72.4 cm³/mol. The van der Waals surface area contributed by atoms with Crippen molar-refractivity contribution < 1.29 is 0 Å². The summed E-state index contributed by atoms with van der Waals surface area (Å²) in [6, 6.07) is 4.34. The molecule has 0 aromatic carbocycles. The molecule has 0 spiro atoms. The van der Waals surface area contributed by atoms with E-state index in [2.05, 4.69) is 55.6 Å². The minimum Gasteiger partial charge on any atom is -0.306 e. The molecule has 0 amide bonds. The summed E-state index contributed by atoms with van der Waals surface area (Å²) in [7, 11) is 2.20. The van der Waals surface area contributed by atoms with E-state index in [0.29, 0.717) is 5.92 Å². The average molecular weight is 294 g/mol. The van der Waals surface area contributed by atoms with E-state index >= 15 is 0 Å². The van der Waals surface area contributed by atoms with Crippen molar-refractivity contribution in [1.29, 1.82) is 0 Å². The molecule has 1 saturated heterocycles. The molecule has 0 bridgehead atoms. The summed E-state index contributed by atoms with van der Waals surface area (Å²) >= 11 is 3.53. The van der Waals surface area contributed by atoms with Crippen LogP contribution in [0.5, 0.6) is 0 Å². The normalized spacial score (nSPS) is 18.9. The number of pyridine rings is 1. The Kier molecular flexibility index (Phi) is 2.92. The van der Waals surface area contributed by atoms with Gasteiger partial charge in [0.1, 0.15) is 10.3 Å². The van der Waals surface area contributed by atoms with Crippen LogP contribution in [0.4, 0.5) is 0 Å². The molecule has 90 valence electrons. The number of likely N-dealkylation sites (tertiary alicyclic amines) is 1. The summed E-state index contributed by atoms with van der Waals surface area (Å²) in [6.45, 7) is 2.40. The zero-order chi connectivity index (χ0) is 11.8. The maximum absolute atomic E-state index is 4.32. The molecule has 1 aliphatic heterocycles. The van der Waals surface area contributed by atoms with Crippen molar-refractivity contribution in [2.24, 2.45) is 0 Å². The first-order valence-corrected chi connectivity index (χ1v) is 6.84. The van der Waals surface area contributed by atoms with E-state index < -0.39 is 0 Å². The van der Waals surface area contributed by atoms with Gasteiger partial charge in [-0.25, -0.2) is 4.98 Å². The van der Waals surface area contributed by atoms with Gasteiger partial charge >= 0.3 is 0 Å². The molecular formula is C13H16BrN3. The van der Waals surface area contributed by atoms with Crippen molar-refractivity contribution in [3.8, 4) is 0 Å². The molecule has 2 aromatic heterocycles. The Morgan fingerprint density at radius 2 is 2.06 bits per heavy atom. The van der Waals surface area contributed by atoms with Crippen molar-refractivity contribution in [1.82, 2.24) is 14.3 Å². The first kappa shape index (κ1) is 11.2. The second-order valence-corrected chi connectivity index (χ2v) is 5.66. The molecule has 17 heavy (non-hydrogen) atoms. The topological polar surface area (TPSA) is 20.5 Å².